The minimum absolute atomic E-state index is 0.0279. The quantitative estimate of drug-likeness (QED) is 0.682. The Labute approximate surface area is 179 Å². The third-order valence-electron chi connectivity index (χ3n) is 5.42. The van der Waals surface area contributed by atoms with E-state index in [1.165, 1.54) is 0 Å². The summed E-state index contributed by atoms with van der Waals surface area (Å²) in [6.07, 6.45) is -4.25. The van der Waals surface area contributed by atoms with Gasteiger partial charge in [0.1, 0.15) is 0 Å². The van der Waals surface area contributed by atoms with Gasteiger partial charge in [-0.25, -0.2) is 8.42 Å². The first-order valence-electron chi connectivity index (χ1n) is 9.70. The Kier molecular flexibility index (Phi) is 6.71. The second kappa shape index (κ2) is 8.64. The molecule has 0 spiro atoms. The topological polar surface area (TPSA) is 66.9 Å². The van der Waals surface area contributed by atoms with Gasteiger partial charge < -0.3 is 9.64 Å². The summed E-state index contributed by atoms with van der Waals surface area (Å²) in [6.45, 7) is 4.91. The maximum atomic E-state index is 13.1. The van der Waals surface area contributed by atoms with E-state index in [9.17, 15) is 26.4 Å². The Bertz CT molecular complexity index is 892. The van der Waals surface area contributed by atoms with Crippen molar-refractivity contribution in [3.05, 3.63) is 28.8 Å². The van der Waals surface area contributed by atoms with Crippen molar-refractivity contribution in [3.63, 3.8) is 0 Å². The van der Waals surface area contributed by atoms with Crippen LogP contribution < -0.4 is 0 Å². The highest BCUT2D eigenvalue weighted by Crippen LogP contribution is 2.37. The number of carbonyl (C=O) groups excluding carboxylic acids is 1. The van der Waals surface area contributed by atoms with Gasteiger partial charge in [0.2, 0.25) is 15.9 Å². The van der Waals surface area contributed by atoms with Crippen molar-refractivity contribution in [3.8, 4) is 0 Å². The smallest absolute Gasteiger partial charge is 0.372 e. The number of morpholine rings is 1. The molecule has 2 fully saturated rings. The van der Waals surface area contributed by atoms with Crippen molar-refractivity contribution in [1.82, 2.24) is 9.21 Å². The number of piperidine rings is 1. The van der Waals surface area contributed by atoms with Crippen molar-refractivity contribution in [2.45, 2.75) is 50.0 Å². The lowest BCUT2D eigenvalue weighted by Crippen LogP contribution is -2.51. The van der Waals surface area contributed by atoms with E-state index in [0.29, 0.717) is 32.0 Å². The summed E-state index contributed by atoms with van der Waals surface area (Å²) in [4.78, 5) is 14.1. The Morgan fingerprint density at radius 3 is 2.23 bits per heavy atom. The number of hydrogen-bond donors (Lipinski definition) is 0. The standard InChI is InChI=1S/C19H24ClF3N2O4S/c1-12-10-24(11-13(2)29-12)18(26)14-5-7-25(8-6-14)30(27,28)15-3-4-17(20)16(9-15)19(21,22)23/h3-4,9,12-14H,5-8,10-11H2,1-2H3. The number of hydrogen-bond acceptors (Lipinski definition) is 4. The molecule has 2 aliphatic heterocycles. The first-order valence-corrected chi connectivity index (χ1v) is 11.5. The summed E-state index contributed by atoms with van der Waals surface area (Å²) in [5.41, 5.74) is -1.19. The predicted molar refractivity (Wildman–Crippen MR) is 105 cm³/mol. The molecule has 0 radical (unpaired) electrons. The molecule has 0 bridgehead atoms. The molecule has 11 heteroatoms. The van der Waals surface area contributed by atoms with Gasteiger partial charge in [0, 0.05) is 32.1 Å². The highest BCUT2D eigenvalue weighted by molar-refractivity contribution is 7.89. The van der Waals surface area contributed by atoms with Gasteiger partial charge in [-0.2, -0.15) is 17.5 Å². The van der Waals surface area contributed by atoms with Crippen molar-refractivity contribution in [1.29, 1.82) is 0 Å². The van der Waals surface area contributed by atoms with Crippen molar-refractivity contribution < 1.29 is 31.1 Å². The molecule has 0 aromatic heterocycles. The third-order valence-corrected chi connectivity index (χ3v) is 7.64. The molecule has 2 unspecified atom stereocenters. The van der Waals surface area contributed by atoms with Crippen molar-refractivity contribution in [2.24, 2.45) is 5.92 Å². The van der Waals surface area contributed by atoms with Crippen LogP contribution >= 0.6 is 11.6 Å². The molecule has 2 atom stereocenters. The second-order valence-corrected chi connectivity index (χ2v) is 10.2. The zero-order chi connectivity index (χ0) is 22.3. The normalized spacial score (nSPS) is 24.8. The fourth-order valence-corrected chi connectivity index (χ4v) is 5.71. The third kappa shape index (κ3) is 4.92. The Balaban J connectivity index is 1.69. The van der Waals surface area contributed by atoms with Crippen LogP contribution in [0, 0.1) is 5.92 Å². The van der Waals surface area contributed by atoms with Gasteiger partial charge >= 0.3 is 6.18 Å². The summed E-state index contributed by atoms with van der Waals surface area (Å²) in [5, 5.41) is -0.556. The minimum Gasteiger partial charge on any atom is -0.372 e. The van der Waals surface area contributed by atoms with Crippen LogP contribution in [0.15, 0.2) is 23.1 Å². The highest BCUT2D eigenvalue weighted by atomic mass is 35.5. The first kappa shape index (κ1) is 23.3. The fourth-order valence-electron chi connectivity index (χ4n) is 3.99. The molecule has 0 aliphatic carbocycles. The lowest BCUT2D eigenvalue weighted by molar-refractivity contribution is -0.148. The summed E-state index contributed by atoms with van der Waals surface area (Å²) in [5.74, 6) is -0.343. The molecule has 168 valence electrons. The molecule has 1 amide bonds. The average molecular weight is 469 g/mol. The van der Waals surface area contributed by atoms with Crippen molar-refractivity contribution in [2.75, 3.05) is 26.2 Å². The molecule has 3 rings (SSSR count). The zero-order valence-corrected chi connectivity index (χ0v) is 18.2. The van der Waals surface area contributed by atoms with Crippen LogP contribution in [0.3, 0.4) is 0 Å². The predicted octanol–water partition coefficient (Wildman–Crippen LogP) is 3.40. The molecule has 2 heterocycles. The van der Waals surface area contributed by atoms with Gasteiger partial charge in [0.25, 0.3) is 0 Å². The molecule has 6 nitrogen and oxygen atoms in total. The number of alkyl halides is 3. The number of ether oxygens (including phenoxy) is 1. The Hall–Kier alpha value is -1.36. The molecule has 30 heavy (non-hydrogen) atoms. The van der Waals surface area contributed by atoms with E-state index in [0.717, 1.165) is 16.4 Å². The van der Waals surface area contributed by atoms with Gasteiger partial charge in [-0.3, -0.25) is 4.79 Å². The molecule has 0 saturated carbocycles. The molecule has 2 saturated heterocycles. The number of halogens is 4. The summed E-state index contributed by atoms with van der Waals surface area (Å²) in [7, 11) is -4.12. The van der Waals surface area contributed by atoms with E-state index in [2.05, 4.69) is 0 Å². The van der Waals surface area contributed by atoms with E-state index < -0.39 is 31.7 Å². The molecular formula is C19H24ClF3N2O4S. The molecular weight excluding hydrogens is 445 g/mol. The minimum atomic E-state index is -4.76. The van der Waals surface area contributed by atoms with Gasteiger partial charge in [0.15, 0.2) is 0 Å². The monoisotopic (exact) mass is 468 g/mol. The van der Waals surface area contributed by atoms with Crippen LogP contribution in [0.1, 0.15) is 32.3 Å². The van der Waals surface area contributed by atoms with Crippen LogP contribution in [0.4, 0.5) is 13.2 Å². The van der Waals surface area contributed by atoms with E-state index in [1.807, 2.05) is 13.8 Å². The molecule has 1 aromatic rings. The van der Waals surface area contributed by atoms with E-state index >= 15 is 0 Å². The lowest BCUT2D eigenvalue weighted by Gasteiger charge is -2.39. The number of sulfonamides is 1. The van der Waals surface area contributed by atoms with E-state index in [1.54, 1.807) is 4.90 Å². The van der Waals surface area contributed by atoms with Crippen LogP contribution in [0.2, 0.25) is 5.02 Å². The SMILES string of the molecule is CC1CN(C(=O)C2CCN(S(=O)(=O)c3ccc(Cl)c(C(F)(F)F)c3)CC2)CC(C)O1. The van der Waals surface area contributed by atoms with Gasteiger partial charge in [-0.05, 0) is 44.9 Å². The average Bonchev–Trinajstić information content (AvgIpc) is 2.66. The van der Waals surface area contributed by atoms with Gasteiger partial charge in [0.05, 0.1) is 27.7 Å². The van der Waals surface area contributed by atoms with Crippen LogP contribution in [-0.2, 0) is 25.7 Å². The maximum Gasteiger partial charge on any atom is 0.417 e. The largest absolute Gasteiger partial charge is 0.417 e. The second-order valence-electron chi connectivity index (χ2n) is 7.82. The van der Waals surface area contributed by atoms with E-state index in [-0.39, 0.29) is 37.1 Å². The Morgan fingerprint density at radius 2 is 1.70 bits per heavy atom. The molecule has 1 aromatic carbocycles. The number of carbonyl (C=O) groups is 1. The Morgan fingerprint density at radius 1 is 1.13 bits per heavy atom. The summed E-state index contributed by atoms with van der Waals surface area (Å²) < 4.78 is 71.7. The number of benzene rings is 1. The zero-order valence-electron chi connectivity index (χ0n) is 16.7. The number of nitrogens with zero attached hydrogens (tertiary/aromatic N) is 2. The number of amides is 1. The highest BCUT2D eigenvalue weighted by Gasteiger charge is 2.38. The van der Waals surface area contributed by atoms with E-state index in [4.69, 9.17) is 16.3 Å². The van der Waals surface area contributed by atoms with Crippen LogP contribution in [0.25, 0.3) is 0 Å². The number of rotatable bonds is 3. The summed E-state index contributed by atoms with van der Waals surface area (Å²) >= 11 is 5.59. The fraction of sp³-hybridized carbons (Fsp3) is 0.632. The molecule has 2 aliphatic rings. The first-order chi connectivity index (χ1) is 13.9. The lowest BCUT2D eigenvalue weighted by atomic mass is 9.96. The van der Waals surface area contributed by atoms with Gasteiger partial charge in [-0.15, -0.1) is 0 Å². The van der Waals surface area contributed by atoms with Crippen LogP contribution in [0.5, 0.6) is 0 Å². The molecule has 0 N–H and O–H groups in total. The van der Waals surface area contributed by atoms with Gasteiger partial charge in [-0.1, -0.05) is 11.6 Å². The van der Waals surface area contributed by atoms with Crippen LogP contribution in [-0.4, -0.2) is 61.9 Å². The van der Waals surface area contributed by atoms with Crippen molar-refractivity contribution >= 4 is 27.5 Å². The summed E-state index contributed by atoms with van der Waals surface area (Å²) in [6, 6.07) is 2.57. The maximum absolute atomic E-state index is 13.1.